The zero-order chi connectivity index (χ0) is 25.4. The summed E-state index contributed by atoms with van der Waals surface area (Å²) < 4.78 is 25.2. The van der Waals surface area contributed by atoms with Crippen molar-refractivity contribution in [3.8, 4) is 5.75 Å². The van der Waals surface area contributed by atoms with E-state index in [1.54, 1.807) is 14.0 Å². The monoisotopic (exact) mass is 480 g/mol. The van der Waals surface area contributed by atoms with Gasteiger partial charge in [0.05, 0.1) is 26.9 Å². The summed E-state index contributed by atoms with van der Waals surface area (Å²) in [5.41, 5.74) is -1.89. The van der Waals surface area contributed by atoms with Crippen molar-refractivity contribution < 1.29 is 43.2 Å². The van der Waals surface area contributed by atoms with Gasteiger partial charge in [-0.1, -0.05) is 30.7 Å². The number of allylic oxidation sites excluding steroid dienone is 1. The molecular formula is C25H36O9. The Labute approximate surface area is 201 Å². The molecule has 0 amide bonds. The summed E-state index contributed by atoms with van der Waals surface area (Å²) in [4.78, 5) is 37.3. The first-order valence-electron chi connectivity index (χ1n) is 11.5. The minimum absolute atomic E-state index is 0.0206. The zero-order valence-electron chi connectivity index (χ0n) is 20.4. The SMILES string of the molecule is CCOC(=O)C(OCCCCC/C=C/c1ccc(OC)cc1)C(O)(C(=O)OCC)C(=O)OCC. The Kier molecular flexibility index (Phi) is 13.6. The van der Waals surface area contributed by atoms with Gasteiger partial charge in [-0.2, -0.15) is 0 Å². The Balaban J connectivity index is 2.66. The molecule has 0 spiro atoms. The lowest BCUT2D eigenvalue weighted by atomic mass is 9.96. The molecule has 0 bridgehead atoms. The highest BCUT2D eigenvalue weighted by Crippen LogP contribution is 2.22. The predicted molar refractivity (Wildman–Crippen MR) is 125 cm³/mol. The summed E-state index contributed by atoms with van der Waals surface area (Å²) in [5, 5.41) is 10.9. The van der Waals surface area contributed by atoms with E-state index in [0.717, 1.165) is 30.6 Å². The van der Waals surface area contributed by atoms with E-state index in [2.05, 4.69) is 6.08 Å². The van der Waals surface area contributed by atoms with E-state index in [9.17, 15) is 19.5 Å². The van der Waals surface area contributed by atoms with Crippen molar-refractivity contribution in [1.82, 2.24) is 0 Å². The maximum atomic E-state index is 12.4. The number of hydrogen-bond acceptors (Lipinski definition) is 9. The van der Waals surface area contributed by atoms with Crippen LogP contribution in [0.15, 0.2) is 30.3 Å². The molecule has 190 valence electrons. The van der Waals surface area contributed by atoms with E-state index in [-0.39, 0.29) is 26.4 Å². The van der Waals surface area contributed by atoms with E-state index in [1.807, 2.05) is 30.3 Å². The molecule has 9 heteroatoms. The number of carbonyl (C=O) groups is 3. The van der Waals surface area contributed by atoms with Crippen LogP contribution in [0.1, 0.15) is 52.0 Å². The lowest BCUT2D eigenvalue weighted by molar-refractivity contribution is -0.208. The fourth-order valence-corrected chi connectivity index (χ4v) is 3.03. The van der Waals surface area contributed by atoms with Gasteiger partial charge in [0.25, 0.3) is 5.60 Å². The van der Waals surface area contributed by atoms with Gasteiger partial charge in [0.1, 0.15) is 5.75 Å². The highest BCUT2D eigenvalue weighted by atomic mass is 16.6. The number of aliphatic hydroxyl groups is 1. The molecule has 0 aliphatic rings. The normalized spacial score (nSPS) is 12.3. The topological polar surface area (TPSA) is 118 Å². The van der Waals surface area contributed by atoms with Crippen LogP contribution >= 0.6 is 0 Å². The molecule has 0 saturated heterocycles. The fourth-order valence-electron chi connectivity index (χ4n) is 3.03. The van der Waals surface area contributed by atoms with Crippen molar-refractivity contribution in [2.24, 2.45) is 0 Å². The molecule has 1 unspecified atom stereocenters. The zero-order valence-corrected chi connectivity index (χ0v) is 20.4. The molecule has 0 aromatic heterocycles. The fraction of sp³-hybridized carbons (Fsp3) is 0.560. The van der Waals surface area contributed by atoms with Crippen molar-refractivity contribution >= 4 is 24.0 Å². The molecule has 0 radical (unpaired) electrons. The van der Waals surface area contributed by atoms with Gasteiger partial charge < -0.3 is 28.8 Å². The summed E-state index contributed by atoms with van der Waals surface area (Å²) in [5.74, 6) is -2.89. The summed E-state index contributed by atoms with van der Waals surface area (Å²) in [6, 6.07) is 7.72. The lowest BCUT2D eigenvalue weighted by Crippen LogP contribution is -2.61. The van der Waals surface area contributed by atoms with Crippen LogP contribution in [-0.2, 0) is 33.3 Å². The lowest BCUT2D eigenvalue weighted by Gasteiger charge is -2.30. The third-order valence-electron chi connectivity index (χ3n) is 4.78. The number of unbranched alkanes of at least 4 members (excludes halogenated alkanes) is 3. The minimum Gasteiger partial charge on any atom is -0.497 e. The number of methoxy groups -OCH3 is 1. The third kappa shape index (κ3) is 8.79. The van der Waals surface area contributed by atoms with Gasteiger partial charge in [0, 0.05) is 6.61 Å². The van der Waals surface area contributed by atoms with Crippen molar-refractivity contribution in [2.45, 2.75) is 58.2 Å². The van der Waals surface area contributed by atoms with Crippen LogP contribution in [0.2, 0.25) is 0 Å². The Hall–Kier alpha value is -2.91. The van der Waals surface area contributed by atoms with Gasteiger partial charge in [-0.25, -0.2) is 14.4 Å². The second-order valence-corrected chi connectivity index (χ2v) is 7.24. The van der Waals surface area contributed by atoms with Crippen LogP contribution < -0.4 is 4.74 Å². The molecule has 1 N–H and O–H groups in total. The molecule has 9 nitrogen and oxygen atoms in total. The molecule has 1 atom stereocenters. The molecule has 0 aliphatic carbocycles. The number of hydrogen-bond donors (Lipinski definition) is 1. The van der Waals surface area contributed by atoms with Crippen molar-refractivity contribution in [1.29, 1.82) is 0 Å². The molecule has 0 saturated carbocycles. The predicted octanol–water partition coefficient (Wildman–Crippen LogP) is 3.07. The standard InChI is InChI=1S/C25H36O9/c1-5-31-22(26)21(25(29,23(27)32-6-2)24(28)33-7-3)34-18-12-10-8-9-11-13-19-14-16-20(30-4)17-15-19/h11,13-17,21,29H,5-10,12,18H2,1-4H3/b13-11+. The largest absolute Gasteiger partial charge is 0.497 e. The van der Waals surface area contributed by atoms with Gasteiger partial charge >= 0.3 is 17.9 Å². The molecule has 0 fully saturated rings. The molecule has 1 aromatic rings. The summed E-state index contributed by atoms with van der Waals surface area (Å²) in [7, 11) is 1.62. The molecular weight excluding hydrogens is 444 g/mol. The number of benzene rings is 1. The second-order valence-electron chi connectivity index (χ2n) is 7.24. The van der Waals surface area contributed by atoms with Gasteiger partial charge in [-0.15, -0.1) is 0 Å². The minimum atomic E-state index is -2.96. The first-order chi connectivity index (χ1) is 16.3. The molecule has 1 aromatic carbocycles. The van der Waals surface area contributed by atoms with Gasteiger partial charge in [-0.05, 0) is 57.7 Å². The number of ether oxygens (including phenoxy) is 5. The Morgan fingerprint density at radius 3 is 2.03 bits per heavy atom. The van der Waals surface area contributed by atoms with Gasteiger partial charge in [-0.3, -0.25) is 0 Å². The van der Waals surface area contributed by atoms with E-state index < -0.39 is 29.6 Å². The van der Waals surface area contributed by atoms with Crippen LogP contribution in [0.25, 0.3) is 6.08 Å². The Morgan fingerprint density at radius 2 is 1.50 bits per heavy atom. The number of rotatable bonds is 16. The highest BCUT2D eigenvalue weighted by Gasteiger charge is 2.58. The van der Waals surface area contributed by atoms with E-state index in [4.69, 9.17) is 23.7 Å². The summed E-state index contributed by atoms with van der Waals surface area (Å²) >= 11 is 0. The third-order valence-corrected chi connectivity index (χ3v) is 4.78. The number of esters is 3. The molecule has 1 rings (SSSR count). The summed E-state index contributed by atoms with van der Waals surface area (Å²) in [6.07, 6.45) is 5.17. The van der Waals surface area contributed by atoms with E-state index in [1.165, 1.54) is 13.8 Å². The van der Waals surface area contributed by atoms with Crippen molar-refractivity contribution in [3.63, 3.8) is 0 Å². The first kappa shape index (κ1) is 29.1. The maximum absolute atomic E-state index is 12.4. The Bertz CT molecular complexity index is 768. The van der Waals surface area contributed by atoms with Crippen LogP contribution in [0.5, 0.6) is 5.75 Å². The highest BCUT2D eigenvalue weighted by molar-refractivity contribution is 6.08. The maximum Gasteiger partial charge on any atom is 0.353 e. The number of carbonyl (C=O) groups excluding carboxylic acids is 3. The quantitative estimate of drug-likeness (QED) is 0.165. The average molecular weight is 481 g/mol. The second kappa shape index (κ2) is 15.8. The van der Waals surface area contributed by atoms with E-state index in [0.29, 0.717) is 6.42 Å². The average Bonchev–Trinajstić information content (AvgIpc) is 2.83. The van der Waals surface area contributed by atoms with Crippen LogP contribution in [-0.4, -0.2) is 68.3 Å². The molecule has 34 heavy (non-hydrogen) atoms. The van der Waals surface area contributed by atoms with Crippen molar-refractivity contribution in [2.75, 3.05) is 33.5 Å². The van der Waals surface area contributed by atoms with Gasteiger partial charge in [0.2, 0.25) is 6.10 Å². The van der Waals surface area contributed by atoms with Crippen LogP contribution in [0, 0.1) is 0 Å². The summed E-state index contributed by atoms with van der Waals surface area (Å²) in [6.45, 7) is 4.34. The van der Waals surface area contributed by atoms with Crippen LogP contribution in [0.3, 0.4) is 0 Å². The van der Waals surface area contributed by atoms with E-state index >= 15 is 0 Å². The van der Waals surface area contributed by atoms with Gasteiger partial charge in [0.15, 0.2) is 0 Å². The van der Waals surface area contributed by atoms with Crippen molar-refractivity contribution in [3.05, 3.63) is 35.9 Å². The molecule has 0 heterocycles. The first-order valence-corrected chi connectivity index (χ1v) is 11.5. The van der Waals surface area contributed by atoms with Crippen LogP contribution in [0.4, 0.5) is 0 Å². The Morgan fingerprint density at radius 1 is 0.912 bits per heavy atom. The molecule has 0 aliphatic heterocycles. The smallest absolute Gasteiger partial charge is 0.353 e.